The van der Waals surface area contributed by atoms with Crippen LogP contribution < -0.4 is 4.74 Å². The van der Waals surface area contributed by atoms with E-state index in [2.05, 4.69) is 41.9 Å². The second kappa shape index (κ2) is 7.75. The number of benzene rings is 1. The summed E-state index contributed by atoms with van der Waals surface area (Å²) in [4.78, 5) is 11.7. The summed E-state index contributed by atoms with van der Waals surface area (Å²) in [7, 11) is 1.73. The first-order valence-electron chi connectivity index (χ1n) is 8.87. The van der Waals surface area contributed by atoms with Gasteiger partial charge in [-0.2, -0.15) is 0 Å². The molecule has 1 atom stereocenters. The Morgan fingerprint density at radius 3 is 2.92 bits per heavy atom. The van der Waals surface area contributed by atoms with Crippen molar-refractivity contribution in [3.63, 3.8) is 0 Å². The number of rotatable bonds is 5. The molecule has 1 aliphatic rings. The molecule has 4 nitrogen and oxygen atoms in total. The smallest absolute Gasteiger partial charge is 0.131 e. The standard InChI is InChI=1S/C20H27N3O/c1-15(2)20-21-11-10-17(22-20)14-23-12-5-4-9-19(23)16-7-6-8-18(13-16)24-3/h6-8,10-11,13,15,19H,4-5,9,12,14H2,1-3H3. The van der Waals surface area contributed by atoms with Gasteiger partial charge in [0.1, 0.15) is 11.6 Å². The van der Waals surface area contributed by atoms with Crippen molar-refractivity contribution in [2.24, 2.45) is 0 Å². The fourth-order valence-corrected chi connectivity index (χ4v) is 3.39. The van der Waals surface area contributed by atoms with Crippen LogP contribution in [0.25, 0.3) is 0 Å². The van der Waals surface area contributed by atoms with Crippen LogP contribution in [0.4, 0.5) is 0 Å². The molecule has 1 aliphatic heterocycles. The van der Waals surface area contributed by atoms with E-state index in [4.69, 9.17) is 9.72 Å². The van der Waals surface area contributed by atoms with E-state index < -0.39 is 0 Å². The first-order valence-corrected chi connectivity index (χ1v) is 8.87. The zero-order valence-electron chi connectivity index (χ0n) is 14.9. The van der Waals surface area contributed by atoms with Crippen LogP contribution in [0.15, 0.2) is 36.5 Å². The van der Waals surface area contributed by atoms with Gasteiger partial charge in [0.2, 0.25) is 0 Å². The number of methoxy groups -OCH3 is 1. The maximum Gasteiger partial charge on any atom is 0.131 e. The number of likely N-dealkylation sites (tertiary alicyclic amines) is 1. The molecular formula is C20H27N3O. The Morgan fingerprint density at radius 1 is 1.25 bits per heavy atom. The molecule has 0 saturated carbocycles. The normalized spacial score (nSPS) is 18.8. The Kier molecular flexibility index (Phi) is 5.46. The monoisotopic (exact) mass is 325 g/mol. The predicted molar refractivity (Wildman–Crippen MR) is 96.1 cm³/mol. The van der Waals surface area contributed by atoms with E-state index >= 15 is 0 Å². The van der Waals surface area contributed by atoms with Crippen LogP contribution >= 0.6 is 0 Å². The largest absolute Gasteiger partial charge is 0.497 e. The molecule has 0 amide bonds. The van der Waals surface area contributed by atoms with Gasteiger partial charge in [0.05, 0.1) is 12.8 Å². The number of hydrogen-bond acceptors (Lipinski definition) is 4. The number of hydrogen-bond donors (Lipinski definition) is 0. The van der Waals surface area contributed by atoms with Gasteiger partial charge in [0.15, 0.2) is 0 Å². The predicted octanol–water partition coefficient (Wildman–Crippen LogP) is 4.34. The number of piperidine rings is 1. The van der Waals surface area contributed by atoms with E-state index in [0.29, 0.717) is 12.0 Å². The Morgan fingerprint density at radius 2 is 2.12 bits per heavy atom. The molecule has 1 saturated heterocycles. The SMILES string of the molecule is COc1cccc(C2CCCCN2Cc2ccnc(C(C)C)n2)c1. The Bertz CT molecular complexity index is 671. The van der Waals surface area contributed by atoms with Gasteiger partial charge in [-0.15, -0.1) is 0 Å². The minimum absolute atomic E-state index is 0.362. The molecule has 0 bridgehead atoms. The molecule has 1 aromatic carbocycles. The van der Waals surface area contributed by atoms with Crippen molar-refractivity contribution in [2.75, 3.05) is 13.7 Å². The van der Waals surface area contributed by atoms with Crippen LogP contribution in [0.2, 0.25) is 0 Å². The molecule has 1 fully saturated rings. The van der Waals surface area contributed by atoms with Crippen LogP contribution in [0.1, 0.15) is 62.2 Å². The van der Waals surface area contributed by atoms with Gasteiger partial charge < -0.3 is 4.74 Å². The van der Waals surface area contributed by atoms with Crippen molar-refractivity contribution >= 4 is 0 Å². The van der Waals surface area contributed by atoms with Gasteiger partial charge in [-0.1, -0.05) is 32.4 Å². The Labute approximate surface area is 144 Å². The van der Waals surface area contributed by atoms with Gasteiger partial charge in [-0.3, -0.25) is 4.90 Å². The molecule has 4 heteroatoms. The van der Waals surface area contributed by atoms with E-state index in [9.17, 15) is 0 Å². The molecule has 24 heavy (non-hydrogen) atoms. The molecule has 128 valence electrons. The lowest BCUT2D eigenvalue weighted by molar-refractivity contribution is 0.138. The van der Waals surface area contributed by atoms with Gasteiger partial charge in [-0.25, -0.2) is 9.97 Å². The first-order chi connectivity index (χ1) is 11.7. The summed E-state index contributed by atoms with van der Waals surface area (Å²) in [5.41, 5.74) is 2.45. The summed E-state index contributed by atoms with van der Waals surface area (Å²) in [5, 5.41) is 0. The molecule has 0 N–H and O–H groups in total. The fourth-order valence-electron chi connectivity index (χ4n) is 3.39. The lowest BCUT2D eigenvalue weighted by Crippen LogP contribution is -2.33. The van der Waals surface area contributed by atoms with Crippen LogP contribution in [-0.4, -0.2) is 28.5 Å². The molecule has 0 aliphatic carbocycles. The number of aromatic nitrogens is 2. The third-order valence-corrected chi connectivity index (χ3v) is 4.71. The first kappa shape index (κ1) is 16.9. The molecule has 1 unspecified atom stereocenters. The van der Waals surface area contributed by atoms with Crippen molar-refractivity contribution in [3.8, 4) is 5.75 Å². The Balaban J connectivity index is 1.80. The van der Waals surface area contributed by atoms with E-state index in [0.717, 1.165) is 30.4 Å². The molecule has 3 rings (SSSR count). The topological polar surface area (TPSA) is 38.2 Å². The molecule has 2 heterocycles. The van der Waals surface area contributed by atoms with Crippen molar-refractivity contribution in [1.82, 2.24) is 14.9 Å². The van der Waals surface area contributed by atoms with Gasteiger partial charge >= 0.3 is 0 Å². The summed E-state index contributed by atoms with van der Waals surface area (Å²) in [6, 6.07) is 11.0. The molecule has 2 aromatic rings. The fraction of sp³-hybridized carbons (Fsp3) is 0.500. The third kappa shape index (κ3) is 3.93. The third-order valence-electron chi connectivity index (χ3n) is 4.71. The molecule has 0 spiro atoms. The highest BCUT2D eigenvalue weighted by molar-refractivity contribution is 5.31. The van der Waals surface area contributed by atoms with Gasteiger partial charge in [-0.05, 0) is 43.1 Å². The van der Waals surface area contributed by atoms with E-state index in [1.807, 2.05) is 18.3 Å². The van der Waals surface area contributed by atoms with E-state index in [1.165, 1.54) is 24.8 Å². The second-order valence-electron chi connectivity index (χ2n) is 6.82. The highest BCUT2D eigenvalue weighted by atomic mass is 16.5. The zero-order valence-corrected chi connectivity index (χ0v) is 14.9. The average molecular weight is 325 g/mol. The summed E-state index contributed by atoms with van der Waals surface area (Å²) < 4.78 is 5.40. The van der Waals surface area contributed by atoms with Crippen LogP contribution in [0.5, 0.6) is 5.75 Å². The lowest BCUT2D eigenvalue weighted by atomic mass is 9.95. The summed E-state index contributed by atoms with van der Waals surface area (Å²) in [6.45, 7) is 6.27. The maximum absolute atomic E-state index is 5.40. The highest BCUT2D eigenvalue weighted by Crippen LogP contribution is 2.33. The molecule has 1 aromatic heterocycles. The maximum atomic E-state index is 5.40. The van der Waals surface area contributed by atoms with Crippen molar-refractivity contribution < 1.29 is 4.74 Å². The minimum atomic E-state index is 0.362. The van der Waals surface area contributed by atoms with E-state index in [-0.39, 0.29) is 0 Å². The van der Waals surface area contributed by atoms with Crippen LogP contribution in [0.3, 0.4) is 0 Å². The Hall–Kier alpha value is -1.94. The van der Waals surface area contributed by atoms with Crippen LogP contribution in [0, 0.1) is 0 Å². The van der Waals surface area contributed by atoms with Crippen LogP contribution in [-0.2, 0) is 6.54 Å². The van der Waals surface area contributed by atoms with E-state index in [1.54, 1.807) is 7.11 Å². The van der Waals surface area contributed by atoms with Crippen molar-refractivity contribution in [1.29, 1.82) is 0 Å². The van der Waals surface area contributed by atoms with Gasteiger partial charge in [0.25, 0.3) is 0 Å². The second-order valence-corrected chi connectivity index (χ2v) is 6.82. The summed E-state index contributed by atoms with van der Waals surface area (Å²) in [5.74, 6) is 2.23. The lowest BCUT2D eigenvalue weighted by Gasteiger charge is -2.36. The number of nitrogens with zero attached hydrogens (tertiary/aromatic N) is 3. The number of ether oxygens (including phenoxy) is 1. The minimum Gasteiger partial charge on any atom is -0.497 e. The van der Waals surface area contributed by atoms with Crippen molar-refractivity contribution in [2.45, 2.75) is 51.6 Å². The average Bonchev–Trinajstić information content (AvgIpc) is 2.62. The molecular weight excluding hydrogens is 298 g/mol. The highest BCUT2D eigenvalue weighted by Gasteiger charge is 2.24. The quantitative estimate of drug-likeness (QED) is 0.820. The van der Waals surface area contributed by atoms with Gasteiger partial charge in [0, 0.05) is 24.7 Å². The summed E-state index contributed by atoms with van der Waals surface area (Å²) >= 11 is 0. The zero-order chi connectivity index (χ0) is 16.9. The summed E-state index contributed by atoms with van der Waals surface area (Å²) in [6.07, 6.45) is 5.61. The molecule has 0 radical (unpaired) electrons. The van der Waals surface area contributed by atoms with Crippen molar-refractivity contribution in [3.05, 3.63) is 53.6 Å².